The van der Waals surface area contributed by atoms with Gasteiger partial charge in [-0.25, -0.2) is 0 Å². The Bertz CT molecular complexity index is 615. The van der Waals surface area contributed by atoms with Crippen LogP contribution in [0.4, 0.5) is 0 Å². The average molecular weight is 302 g/mol. The topological polar surface area (TPSA) is 55.1 Å². The molecule has 0 saturated heterocycles. The molecule has 0 spiro atoms. The standard InChI is InChI=1S/C17H22N2OS/c1-12(19-17(20)16(18)9-10-21-2)14-8-7-13-5-3-4-6-15(13)11-14/h3-8,11-12,16H,9-10,18H2,1-2H3,(H,19,20). The second-order valence-corrected chi connectivity index (χ2v) is 6.21. The Morgan fingerprint density at radius 3 is 2.67 bits per heavy atom. The van der Waals surface area contributed by atoms with E-state index >= 15 is 0 Å². The third kappa shape index (κ3) is 4.22. The molecule has 2 rings (SSSR count). The van der Waals surface area contributed by atoms with Gasteiger partial charge in [0.15, 0.2) is 0 Å². The third-order valence-corrected chi connectivity index (χ3v) is 4.25. The fourth-order valence-electron chi connectivity index (χ4n) is 2.26. The molecule has 0 aromatic heterocycles. The van der Waals surface area contributed by atoms with Crippen LogP contribution in [0, 0.1) is 0 Å². The second-order valence-electron chi connectivity index (χ2n) is 5.22. The summed E-state index contributed by atoms with van der Waals surface area (Å²) in [6.45, 7) is 1.99. The van der Waals surface area contributed by atoms with Crippen molar-refractivity contribution in [2.24, 2.45) is 5.73 Å². The molecule has 0 saturated carbocycles. The van der Waals surface area contributed by atoms with Crippen LogP contribution in [-0.4, -0.2) is 24.0 Å². The van der Waals surface area contributed by atoms with Gasteiger partial charge in [-0.3, -0.25) is 4.79 Å². The van der Waals surface area contributed by atoms with Crippen molar-refractivity contribution in [3.63, 3.8) is 0 Å². The van der Waals surface area contributed by atoms with Crippen molar-refractivity contribution in [3.05, 3.63) is 48.0 Å². The zero-order chi connectivity index (χ0) is 15.2. The molecule has 3 N–H and O–H groups in total. The molecule has 0 aliphatic rings. The molecule has 0 fully saturated rings. The van der Waals surface area contributed by atoms with Crippen molar-refractivity contribution in [3.8, 4) is 0 Å². The highest BCUT2D eigenvalue weighted by Crippen LogP contribution is 2.20. The lowest BCUT2D eigenvalue weighted by molar-refractivity contribution is -0.123. The maximum atomic E-state index is 12.1. The third-order valence-electron chi connectivity index (χ3n) is 3.60. The molecule has 0 heterocycles. The minimum atomic E-state index is -0.430. The van der Waals surface area contributed by atoms with Crippen LogP contribution in [-0.2, 0) is 4.79 Å². The van der Waals surface area contributed by atoms with E-state index in [-0.39, 0.29) is 11.9 Å². The molecule has 1 amide bonds. The van der Waals surface area contributed by atoms with Crippen molar-refractivity contribution in [2.45, 2.75) is 25.4 Å². The van der Waals surface area contributed by atoms with E-state index in [1.807, 2.05) is 25.3 Å². The zero-order valence-electron chi connectivity index (χ0n) is 12.5. The average Bonchev–Trinajstić information content (AvgIpc) is 2.51. The normalized spacial score (nSPS) is 13.9. The van der Waals surface area contributed by atoms with Crippen LogP contribution in [0.15, 0.2) is 42.5 Å². The SMILES string of the molecule is CSCCC(N)C(=O)NC(C)c1ccc2ccccc2c1. The summed E-state index contributed by atoms with van der Waals surface area (Å²) >= 11 is 1.70. The molecule has 21 heavy (non-hydrogen) atoms. The van der Waals surface area contributed by atoms with Crippen molar-refractivity contribution in [2.75, 3.05) is 12.0 Å². The van der Waals surface area contributed by atoms with Gasteiger partial charge in [-0.15, -0.1) is 0 Å². The number of hydrogen-bond donors (Lipinski definition) is 2. The first-order valence-corrected chi connectivity index (χ1v) is 8.55. The fourth-order valence-corrected chi connectivity index (χ4v) is 2.75. The van der Waals surface area contributed by atoms with Crippen molar-refractivity contribution in [1.82, 2.24) is 5.32 Å². The van der Waals surface area contributed by atoms with Crippen LogP contribution < -0.4 is 11.1 Å². The quantitative estimate of drug-likeness (QED) is 0.862. The van der Waals surface area contributed by atoms with E-state index in [4.69, 9.17) is 5.73 Å². The van der Waals surface area contributed by atoms with E-state index in [2.05, 4.69) is 35.6 Å². The highest BCUT2D eigenvalue weighted by atomic mass is 32.2. The van der Waals surface area contributed by atoms with E-state index in [1.165, 1.54) is 10.8 Å². The number of rotatable bonds is 6. The van der Waals surface area contributed by atoms with Gasteiger partial charge in [0, 0.05) is 0 Å². The molecule has 4 heteroatoms. The van der Waals surface area contributed by atoms with Crippen LogP contribution in [0.1, 0.15) is 24.9 Å². The van der Waals surface area contributed by atoms with Gasteiger partial charge in [0.25, 0.3) is 0 Å². The molecule has 0 aliphatic heterocycles. The van der Waals surface area contributed by atoms with E-state index in [1.54, 1.807) is 11.8 Å². The Labute approximate surface area is 130 Å². The van der Waals surface area contributed by atoms with E-state index in [0.29, 0.717) is 6.42 Å². The Balaban J connectivity index is 2.04. The Kier molecular flexibility index (Phi) is 5.65. The number of fused-ring (bicyclic) bond motifs is 1. The molecule has 0 bridgehead atoms. The molecule has 0 radical (unpaired) electrons. The van der Waals surface area contributed by atoms with Gasteiger partial charge in [0.1, 0.15) is 0 Å². The zero-order valence-corrected chi connectivity index (χ0v) is 13.3. The van der Waals surface area contributed by atoms with Gasteiger partial charge >= 0.3 is 0 Å². The largest absolute Gasteiger partial charge is 0.348 e. The predicted octanol–water partition coefficient (Wildman–Crippen LogP) is 3.10. The number of carbonyl (C=O) groups is 1. The van der Waals surface area contributed by atoms with Crippen molar-refractivity contribution < 1.29 is 4.79 Å². The molecule has 2 unspecified atom stereocenters. The van der Waals surface area contributed by atoms with Gasteiger partial charge in [-0.2, -0.15) is 11.8 Å². The van der Waals surface area contributed by atoms with Crippen LogP contribution in [0.2, 0.25) is 0 Å². The summed E-state index contributed by atoms with van der Waals surface area (Å²) < 4.78 is 0. The smallest absolute Gasteiger partial charge is 0.237 e. The van der Waals surface area contributed by atoms with Crippen LogP contribution in [0.25, 0.3) is 10.8 Å². The first-order chi connectivity index (χ1) is 10.1. The van der Waals surface area contributed by atoms with Gasteiger partial charge in [-0.05, 0) is 47.8 Å². The molecule has 2 atom stereocenters. The molecular weight excluding hydrogens is 280 g/mol. The summed E-state index contributed by atoms with van der Waals surface area (Å²) in [4.78, 5) is 12.1. The van der Waals surface area contributed by atoms with Gasteiger partial charge in [0.05, 0.1) is 12.1 Å². The summed E-state index contributed by atoms with van der Waals surface area (Å²) in [5, 5.41) is 5.38. The number of hydrogen-bond acceptors (Lipinski definition) is 3. The second kappa shape index (κ2) is 7.48. The number of nitrogens with one attached hydrogen (secondary N) is 1. The van der Waals surface area contributed by atoms with Crippen LogP contribution in [0.5, 0.6) is 0 Å². The van der Waals surface area contributed by atoms with E-state index in [0.717, 1.165) is 11.3 Å². The molecule has 2 aromatic rings. The van der Waals surface area contributed by atoms with Gasteiger partial charge < -0.3 is 11.1 Å². The lowest BCUT2D eigenvalue weighted by Crippen LogP contribution is -2.41. The van der Waals surface area contributed by atoms with E-state index in [9.17, 15) is 4.79 Å². The van der Waals surface area contributed by atoms with Crippen LogP contribution >= 0.6 is 11.8 Å². The van der Waals surface area contributed by atoms with E-state index < -0.39 is 6.04 Å². The highest BCUT2D eigenvalue weighted by molar-refractivity contribution is 7.98. The minimum absolute atomic E-state index is 0.0394. The molecule has 112 valence electrons. The summed E-state index contributed by atoms with van der Waals surface area (Å²) in [5.74, 6) is 0.823. The maximum Gasteiger partial charge on any atom is 0.237 e. The van der Waals surface area contributed by atoms with Crippen molar-refractivity contribution >= 4 is 28.4 Å². The number of amides is 1. The maximum absolute atomic E-state index is 12.1. The molecule has 2 aromatic carbocycles. The van der Waals surface area contributed by atoms with Crippen molar-refractivity contribution in [1.29, 1.82) is 0 Å². The first-order valence-electron chi connectivity index (χ1n) is 7.15. The molecule has 3 nitrogen and oxygen atoms in total. The summed E-state index contributed by atoms with van der Waals surface area (Å²) in [5.41, 5.74) is 6.99. The lowest BCUT2D eigenvalue weighted by Gasteiger charge is -2.18. The monoisotopic (exact) mass is 302 g/mol. The van der Waals surface area contributed by atoms with Gasteiger partial charge in [0.2, 0.25) is 5.91 Å². The predicted molar refractivity (Wildman–Crippen MR) is 91.5 cm³/mol. The number of benzene rings is 2. The highest BCUT2D eigenvalue weighted by Gasteiger charge is 2.16. The molecular formula is C17H22N2OS. The lowest BCUT2D eigenvalue weighted by atomic mass is 10.0. The number of carbonyl (C=O) groups excluding carboxylic acids is 1. The van der Waals surface area contributed by atoms with Crippen LogP contribution in [0.3, 0.4) is 0 Å². The summed E-state index contributed by atoms with van der Waals surface area (Å²) in [7, 11) is 0. The number of nitrogens with two attached hydrogens (primary N) is 1. The first kappa shape index (κ1) is 15.9. The Morgan fingerprint density at radius 1 is 1.24 bits per heavy atom. The molecule has 0 aliphatic carbocycles. The Hall–Kier alpha value is -1.52. The number of thioether (sulfide) groups is 1. The van der Waals surface area contributed by atoms with Gasteiger partial charge in [-0.1, -0.05) is 36.4 Å². The fraction of sp³-hybridized carbons (Fsp3) is 0.353. The minimum Gasteiger partial charge on any atom is -0.348 e. The summed E-state index contributed by atoms with van der Waals surface area (Å²) in [6.07, 6.45) is 2.72. The Morgan fingerprint density at radius 2 is 1.95 bits per heavy atom. The summed E-state index contributed by atoms with van der Waals surface area (Å²) in [6, 6.07) is 14.0.